The summed E-state index contributed by atoms with van der Waals surface area (Å²) in [7, 11) is 0. The van der Waals surface area contributed by atoms with Crippen LogP contribution in [0, 0.1) is 11.6 Å². The van der Waals surface area contributed by atoms with Crippen LogP contribution in [0.25, 0.3) is 11.1 Å². The lowest BCUT2D eigenvalue weighted by Gasteiger charge is -2.20. The van der Waals surface area contributed by atoms with Crippen molar-refractivity contribution < 1.29 is 8.78 Å². The van der Waals surface area contributed by atoms with Crippen LogP contribution in [0.2, 0.25) is 0 Å². The van der Waals surface area contributed by atoms with E-state index in [1.54, 1.807) is 0 Å². The molecule has 1 aliphatic heterocycles. The summed E-state index contributed by atoms with van der Waals surface area (Å²) in [5, 5.41) is 0. The monoisotopic (exact) mass is 434 g/mol. The zero-order valence-corrected chi connectivity index (χ0v) is 18.6. The van der Waals surface area contributed by atoms with Gasteiger partial charge in [-0.1, -0.05) is 43.7 Å². The van der Waals surface area contributed by atoms with E-state index in [4.69, 9.17) is 0 Å². The Bertz CT molecular complexity index is 1060. The lowest BCUT2D eigenvalue weighted by atomic mass is 10.0. The van der Waals surface area contributed by atoms with E-state index in [2.05, 4.69) is 33.7 Å². The molecule has 1 aliphatic rings. The van der Waals surface area contributed by atoms with Gasteiger partial charge in [-0.25, -0.2) is 18.7 Å². The van der Waals surface area contributed by atoms with Crippen LogP contribution >= 0.6 is 0 Å². The molecule has 0 bridgehead atoms. The van der Waals surface area contributed by atoms with E-state index in [-0.39, 0.29) is 11.6 Å². The predicted molar refractivity (Wildman–Crippen MR) is 125 cm³/mol. The molecule has 0 saturated carbocycles. The minimum Gasteiger partial charge on any atom is -0.341 e. The number of nitrogens with zero attached hydrogens (tertiary/aromatic N) is 4. The van der Waals surface area contributed by atoms with Gasteiger partial charge < -0.3 is 4.90 Å². The summed E-state index contributed by atoms with van der Waals surface area (Å²) >= 11 is 0. The summed E-state index contributed by atoms with van der Waals surface area (Å²) in [6, 6.07) is 11.9. The highest BCUT2D eigenvalue weighted by atomic mass is 19.1. The third-order valence-corrected chi connectivity index (χ3v) is 5.93. The highest BCUT2D eigenvalue weighted by Crippen LogP contribution is 2.33. The summed E-state index contributed by atoms with van der Waals surface area (Å²) in [5.74, 6) is -0.353. The van der Waals surface area contributed by atoms with E-state index in [9.17, 15) is 8.78 Å². The SMILES string of the molecule is CCCCN(CC)c1ncc(-c2ccc(C3CCC(c4c(F)cccc4F)=N3)cc2)cn1. The van der Waals surface area contributed by atoms with Gasteiger partial charge in [0.15, 0.2) is 0 Å². The summed E-state index contributed by atoms with van der Waals surface area (Å²) in [6.07, 6.45) is 7.28. The van der Waals surface area contributed by atoms with E-state index in [1.165, 1.54) is 18.2 Å². The van der Waals surface area contributed by atoms with Crippen LogP contribution in [0.3, 0.4) is 0 Å². The maximum atomic E-state index is 14.1. The number of hydrogen-bond acceptors (Lipinski definition) is 4. The first-order chi connectivity index (χ1) is 15.6. The molecule has 2 aromatic carbocycles. The Balaban J connectivity index is 1.48. The highest BCUT2D eigenvalue weighted by Gasteiger charge is 2.24. The lowest BCUT2D eigenvalue weighted by molar-refractivity contribution is 0.578. The van der Waals surface area contributed by atoms with Crippen LogP contribution in [-0.4, -0.2) is 28.8 Å². The second-order valence-corrected chi connectivity index (χ2v) is 8.05. The number of aromatic nitrogens is 2. The highest BCUT2D eigenvalue weighted by molar-refractivity contribution is 6.02. The number of hydrogen-bond donors (Lipinski definition) is 0. The van der Waals surface area contributed by atoms with Crippen molar-refractivity contribution in [2.45, 2.75) is 45.6 Å². The standard InChI is InChI=1S/C26H28F2N4/c1-3-5-15-32(4-2)26-29-16-20(17-30-26)18-9-11-19(12-10-18)23-13-14-24(31-23)25-21(27)7-6-8-22(25)28/h6-12,16-17,23H,3-5,13-15H2,1-2H3. The summed E-state index contributed by atoms with van der Waals surface area (Å²) < 4.78 is 28.2. The fourth-order valence-corrected chi connectivity index (χ4v) is 4.07. The van der Waals surface area contributed by atoms with Crippen molar-refractivity contribution in [1.82, 2.24) is 9.97 Å². The molecule has 0 aliphatic carbocycles. The van der Waals surface area contributed by atoms with Crippen molar-refractivity contribution in [1.29, 1.82) is 0 Å². The van der Waals surface area contributed by atoms with Gasteiger partial charge in [-0.15, -0.1) is 0 Å². The van der Waals surface area contributed by atoms with E-state index < -0.39 is 11.6 Å². The third-order valence-electron chi connectivity index (χ3n) is 5.93. The molecule has 0 N–H and O–H groups in total. The topological polar surface area (TPSA) is 41.4 Å². The second-order valence-electron chi connectivity index (χ2n) is 8.05. The van der Waals surface area contributed by atoms with Gasteiger partial charge in [-0.2, -0.15) is 0 Å². The first kappa shape index (κ1) is 22.1. The van der Waals surface area contributed by atoms with E-state index in [1.807, 2.05) is 36.7 Å². The molecule has 3 aromatic rings. The Kier molecular flexibility index (Phi) is 6.88. The van der Waals surface area contributed by atoms with Crippen molar-refractivity contribution in [2.75, 3.05) is 18.0 Å². The smallest absolute Gasteiger partial charge is 0.225 e. The fourth-order valence-electron chi connectivity index (χ4n) is 4.07. The van der Waals surface area contributed by atoms with Gasteiger partial charge in [0.05, 0.1) is 11.6 Å². The number of unbranched alkanes of at least 4 members (excludes halogenated alkanes) is 1. The molecule has 0 amide bonds. The zero-order valence-electron chi connectivity index (χ0n) is 18.6. The molecule has 0 fully saturated rings. The molecular formula is C26H28F2N4. The predicted octanol–water partition coefficient (Wildman–Crippen LogP) is 6.37. The summed E-state index contributed by atoms with van der Waals surface area (Å²) in [4.78, 5) is 15.9. The normalized spacial score (nSPS) is 15.6. The van der Waals surface area contributed by atoms with Gasteiger partial charge in [0.1, 0.15) is 11.6 Å². The first-order valence-corrected chi connectivity index (χ1v) is 11.3. The molecule has 166 valence electrons. The number of anilines is 1. The zero-order chi connectivity index (χ0) is 22.5. The summed E-state index contributed by atoms with van der Waals surface area (Å²) in [6.45, 7) is 6.14. The average Bonchev–Trinajstić information content (AvgIpc) is 3.30. The largest absolute Gasteiger partial charge is 0.341 e. The molecule has 4 nitrogen and oxygen atoms in total. The van der Waals surface area contributed by atoms with Crippen LogP contribution in [-0.2, 0) is 0 Å². The maximum absolute atomic E-state index is 14.1. The van der Waals surface area contributed by atoms with E-state index in [0.29, 0.717) is 12.1 Å². The molecule has 4 rings (SSSR count). The summed E-state index contributed by atoms with van der Waals surface area (Å²) in [5.41, 5.74) is 3.52. The number of aliphatic imine (C=N–C) groups is 1. The molecule has 1 atom stereocenters. The Labute approximate surface area is 188 Å². The minimum atomic E-state index is -0.556. The molecule has 1 aromatic heterocycles. The van der Waals surface area contributed by atoms with Gasteiger partial charge in [-0.3, -0.25) is 4.99 Å². The Morgan fingerprint density at radius 1 is 0.938 bits per heavy atom. The van der Waals surface area contributed by atoms with Crippen LogP contribution < -0.4 is 4.90 Å². The Hall–Kier alpha value is -3.15. The Morgan fingerprint density at radius 3 is 2.25 bits per heavy atom. The molecule has 1 unspecified atom stereocenters. The molecule has 0 radical (unpaired) electrons. The minimum absolute atomic E-state index is 0.00363. The number of benzene rings is 2. The first-order valence-electron chi connectivity index (χ1n) is 11.3. The second kappa shape index (κ2) is 9.98. The van der Waals surface area contributed by atoms with Crippen LogP contribution in [0.15, 0.2) is 59.9 Å². The fraction of sp³-hybridized carbons (Fsp3) is 0.346. The van der Waals surface area contributed by atoms with E-state index >= 15 is 0 Å². The van der Waals surface area contributed by atoms with Gasteiger partial charge >= 0.3 is 0 Å². The molecule has 6 heteroatoms. The van der Waals surface area contributed by atoms with Crippen LogP contribution in [0.4, 0.5) is 14.7 Å². The van der Waals surface area contributed by atoms with Crippen LogP contribution in [0.5, 0.6) is 0 Å². The van der Waals surface area contributed by atoms with Crippen molar-refractivity contribution in [3.8, 4) is 11.1 Å². The lowest BCUT2D eigenvalue weighted by Crippen LogP contribution is -2.25. The number of halogens is 2. The van der Waals surface area contributed by atoms with Crippen molar-refractivity contribution >= 4 is 11.7 Å². The molecular weight excluding hydrogens is 406 g/mol. The Morgan fingerprint density at radius 2 is 1.62 bits per heavy atom. The molecule has 0 spiro atoms. The maximum Gasteiger partial charge on any atom is 0.225 e. The van der Waals surface area contributed by atoms with Gasteiger partial charge in [0.25, 0.3) is 0 Å². The quantitative estimate of drug-likeness (QED) is 0.413. The molecule has 2 heterocycles. The van der Waals surface area contributed by atoms with Gasteiger partial charge in [0.2, 0.25) is 5.95 Å². The van der Waals surface area contributed by atoms with E-state index in [0.717, 1.165) is 55.0 Å². The van der Waals surface area contributed by atoms with Gasteiger partial charge in [-0.05, 0) is 49.4 Å². The van der Waals surface area contributed by atoms with Gasteiger partial charge in [0, 0.05) is 36.8 Å². The molecule has 0 saturated heterocycles. The van der Waals surface area contributed by atoms with Crippen molar-refractivity contribution in [3.05, 3.63) is 77.6 Å². The average molecular weight is 435 g/mol. The van der Waals surface area contributed by atoms with Crippen LogP contribution in [0.1, 0.15) is 56.7 Å². The van der Waals surface area contributed by atoms with Crippen molar-refractivity contribution in [2.24, 2.45) is 4.99 Å². The number of rotatable bonds is 8. The van der Waals surface area contributed by atoms with Crippen molar-refractivity contribution in [3.63, 3.8) is 0 Å². The molecule has 32 heavy (non-hydrogen) atoms. The third kappa shape index (κ3) is 4.69.